The third-order valence-electron chi connectivity index (χ3n) is 3.22. The van der Waals surface area contributed by atoms with E-state index in [0.29, 0.717) is 10.7 Å². The smallest absolute Gasteiger partial charge is 0.315 e. The van der Waals surface area contributed by atoms with Gasteiger partial charge in [-0.25, -0.2) is 9.78 Å². The number of thiazole rings is 1. The van der Waals surface area contributed by atoms with Crippen LogP contribution in [0, 0.1) is 13.8 Å². The molecule has 1 aromatic carbocycles. The summed E-state index contributed by atoms with van der Waals surface area (Å²) in [5.41, 5.74) is 1.53. The second kappa shape index (κ2) is 8.12. The molecule has 2 aromatic rings. The lowest BCUT2D eigenvalue weighted by molar-refractivity contribution is -0.115. The standard InChI is InChI=1S/C16H19ClN4O2S/c1-9-15(24-11(3)19-9)10(2)20-16(23)18-8-14(22)21-13-6-4-12(17)5-7-13/h4-7,10H,8H2,1-3H3,(H,21,22)(H2,18,20,23)/t10-/m1/s1. The summed E-state index contributed by atoms with van der Waals surface area (Å²) in [6.07, 6.45) is 0. The summed E-state index contributed by atoms with van der Waals surface area (Å²) in [5, 5.41) is 9.56. The first-order valence-electron chi connectivity index (χ1n) is 7.39. The Balaban J connectivity index is 1.79. The molecule has 24 heavy (non-hydrogen) atoms. The summed E-state index contributed by atoms with van der Waals surface area (Å²) in [5.74, 6) is -0.315. The van der Waals surface area contributed by atoms with E-state index in [-0.39, 0.29) is 18.5 Å². The Bertz CT molecular complexity index is 730. The molecule has 0 saturated heterocycles. The molecule has 0 aliphatic rings. The van der Waals surface area contributed by atoms with Gasteiger partial charge in [-0.3, -0.25) is 4.79 Å². The molecule has 8 heteroatoms. The van der Waals surface area contributed by atoms with Gasteiger partial charge in [0.2, 0.25) is 5.91 Å². The van der Waals surface area contributed by atoms with Crippen LogP contribution in [0.3, 0.4) is 0 Å². The van der Waals surface area contributed by atoms with Crippen molar-refractivity contribution in [3.05, 3.63) is 44.9 Å². The monoisotopic (exact) mass is 366 g/mol. The molecule has 1 heterocycles. The zero-order valence-corrected chi connectivity index (χ0v) is 15.2. The highest BCUT2D eigenvalue weighted by atomic mass is 35.5. The third kappa shape index (κ3) is 5.21. The number of aryl methyl sites for hydroxylation is 2. The van der Waals surface area contributed by atoms with Crippen LogP contribution in [-0.2, 0) is 4.79 Å². The minimum atomic E-state index is -0.404. The molecule has 0 bridgehead atoms. The molecule has 0 aliphatic heterocycles. The number of rotatable bonds is 5. The van der Waals surface area contributed by atoms with E-state index in [1.165, 1.54) is 0 Å². The van der Waals surface area contributed by atoms with Crippen molar-refractivity contribution in [2.24, 2.45) is 0 Å². The van der Waals surface area contributed by atoms with Gasteiger partial charge in [0.05, 0.1) is 23.3 Å². The third-order valence-corrected chi connectivity index (χ3v) is 4.73. The molecule has 1 aromatic heterocycles. The molecule has 0 spiro atoms. The van der Waals surface area contributed by atoms with Gasteiger partial charge in [-0.05, 0) is 45.0 Å². The summed E-state index contributed by atoms with van der Waals surface area (Å²) in [4.78, 5) is 29.1. The number of nitrogens with one attached hydrogen (secondary N) is 3. The van der Waals surface area contributed by atoms with E-state index in [1.807, 2.05) is 20.8 Å². The minimum Gasteiger partial charge on any atom is -0.331 e. The molecular formula is C16H19ClN4O2S. The summed E-state index contributed by atoms with van der Waals surface area (Å²) in [6.45, 7) is 5.60. The highest BCUT2D eigenvalue weighted by Crippen LogP contribution is 2.24. The molecule has 0 saturated carbocycles. The van der Waals surface area contributed by atoms with Gasteiger partial charge in [0.1, 0.15) is 0 Å². The van der Waals surface area contributed by atoms with E-state index >= 15 is 0 Å². The van der Waals surface area contributed by atoms with Crippen molar-refractivity contribution in [1.29, 1.82) is 0 Å². The maximum Gasteiger partial charge on any atom is 0.315 e. The van der Waals surface area contributed by atoms with Crippen molar-refractivity contribution in [1.82, 2.24) is 15.6 Å². The minimum absolute atomic E-state index is 0.123. The predicted octanol–water partition coefficient (Wildman–Crippen LogP) is 3.41. The molecule has 3 amide bonds. The molecule has 2 rings (SSSR count). The quantitative estimate of drug-likeness (QED) is 0.758. The number of halogens is 1. The lowest BCUT2D eigenvalue weighted by atomic mass is 10.2. The number of carbonyl (C=O) groups is 2. The molecule has 0 aliphatic carbocycles. The highest BCUT2D eigenvalue weighted by molar-refractivity contribution is 7.11. The summed E-state index contributed by atoms with van der Waals surface area (Å²) in [7, 11) is 0. The van der Waals surface area contributed by atoms with E-state index in [0.717, 1.165) is 15.6 Å². The topological polar surface area (TPSA) is 83.1 Å². The zero-order valence-electron chi connectivity index (χ0n) is 13.6. The summed E-state index contributed by atoms with van der Waals surface area (Å²) < 4.78 is 0. The fraction of sp³-hybridized carbons (Fsp3) is 0.312. The van der Waals surface area contributed by atoms with Gasteiger partial charge in [-0.1, -0.05) is 11.6 Å². The number of amides is 3. The van der Waals surface area contributed by atoms with Gasteiger partial charge < -0.3 is 16.0 Å². The SMILES string of the molecule is Cc1nc(C)c([C@@H](C)NC(=O)NCC(=O)Nc2ccc(Cl)cc2)s1. The van der Waals surface area contributed by atoms with Crippen molar-refractivity contribution in [3.63, 3.8) is 0 Å². The van der Waals surface area contributed by atoms with Crippen LogP contribution in [0.15, 0.2) is 24.3 Å². The van der Waals surface area contributed by atoms with Gasteiger partial charge in [-0.15, -0.1) is 11.3 Å². The van der Waals surface area contributed by atoms with Crippen LogP contribution in [0.2, 0.25) is 5.02 Å². The van der Waals surface area contributed by atoms with E-state index in [2.05, 4.69) is 20.9 Å². The molecule has 3 N–H and O–H groups in total. The Labute approximate surface area is 149 Å². The fourth-order valence-electron chi connectivity index (χ4n) is 2.16. The lowest BCUT2D eigenvalue weighted by Crippen LogP contribution is -2.41. The Morgan fingerprint density at radius 2 is 1.92 bits per heavy atom. The first kappa shape index (κ1) is 18.2. The van der Waals surface area contributed by atoms with E-state index < -0.39 is 6.03 Å². The van der Waals surface area contributed by atoms with Gasteiger partial charge in [0.25, 0.3) is 0 Å². The average Bonchev–Trinajstić information content (AvgIpc) is 2.86. The summed E-state index contributed by atoms with van der Waals surface area (Å²) in [6, 6.07) is 6.17. The maximum absolute atomic E-state index is 11.9. The summed E-state index contributed by atoms with van der Waals surface area (Å²) >= 11 is 7.33. The normalized spacial score (nSPS) is 11.7. The van der Waals surface area contributed by atoms with Gasteiger partial charge in [-0.2, -0.15) is 0 Å². The first-order chi connectivity index (χ1) is 11.3. The van der Waals surface area contributed by atoms with Crippen molar-refractivity contribution >= 4 is 40.6 Å². The zero-order chi connectivity index (χ0) is 17.7. The number of urea groups is 1. The van der Waals surface area contributed by atoms with Crippen LogP contribution in [0.1, 0.15) is 28.5 Å². The van der Waals surface area contributed by atoms with Crippen molar-refractivity contribution in [2.75, 3.05) is 11.9 Å². The number of hydrogen-bond donors (Lipinski definition) is 3. The van der Waals surface area contributed by atoms with Crippen LogP contribution in [0.25, 0.3) is 0 Å². The number of anilines is 1. The second-order valence-corrected chi connectivity index (χ2v) is 6.96. The largest absolute Gasteiger partial charge is 0.331 e. The van der Waals surface area contributed by atoms with Crippen LogP contribution >= 0.6 is 22.9 Å². The van der Waals surface area contributed by atoms with Crippen molar-refractivity contribution in [3.8, 4) is 0 Å². The average molecular weight is 367 g/mol. The molecule has 0 radical (unpaired) electrons. The Hall–Kier alpha value is -2.12. The number of hydrogen-bond acceptors (Lipinski definition) is 4. The molecular weight excluding hydrogens is 348 g/mol. The molecule has 0 fully saturated rings. The van der Waals surface area contributed by atoms with E-state index in [4.69, 9.17) is 11.6 Å². The Morgan fingerprint density at radius 3 is 2.50 bits per heavy atom. The number of nitrogens with zero attached hydrogens (tertiary/aromatic N) is 1. The van der Waals surface area contributed by atoms with Crippen LogP contribution in [0.4, 0.5) is 10.5 Å². The number of benzene rings is 1. The van der Waals surface area contributed by atoms with Crippen molar-refractivity contribution in [2.45, 2.75) is 26.8 Å². The van der Waals surface area contributed by atoms with E-state index in [9.17, 15) is 9.59 Å². The van der Waals surface area contributed by atoms with Crippen LogP contribution in [-0.4, -0.2) is 23.5 Å². The molecule has 1 atom stereocenters. The lowest BCUT2D eigenvalue weighted by Gasteiger charge is -2.14. The first-order valence-corrected chi connectivity index (χ1v) is 8.58. The van der Waals surface area contributed by atoms with Gasteiger partial charge >= 0.3 is 6.03 Å². The fourth-order valence-corrected chi connectivity index (χ4v) is 3.22. The number of carbonyl (C=O) groups excluding carboxylic acids is 2. The molecule has 6 nitrogen and oxygen atoms in total. The predicted molar refractivity (Wildman–Crippen MR) is 96.6 cm³/mol. The van der Waals surface area contributed by atoms with E-state index in [1.54, 1.807) is 35.6 Å². The van der Waals surface area contributed by atoms with Gasteiger partial charge in [0, 0.05) is 15.6 Å². The maximum atomic E-state index is 11.9. The molecule has 128 valence electrons. The number of aromatic nitrogens is 1. The van der Waals surface area contributed by atoms with Crippen molar-refractivity contribution < 1.29 is 9.59 Å². The Morgan fingerprint density at radius 1 is 1.25 bits per heavy atom. The van der Waals surface area contributed by atoms with Crippen LogP contribution in [0.5, 0.6) is 0 Å². The molecule has 0 unspecified atom stereocenters. The van der Waals surface area contributed by atoms with Crippen LogP contribution < -0.4 is 16.0 Å². The Kier molecular flexibility index (Phi) is 6.16. The van der Waals surface area contributed by atoms with Gasteiger partial charge in [0.15, 0.2) is 0 Å². The second-order valence-electron chi connectivity index (χ2n) is 5.29. The highest BCUT2D eigenvalue weighted by Gasteiger charge is 2.15.